The summed E-state index contributed by atoms with van der Waals surface area (Å²) in [6.07, 6.45) is 0.380. The molecule has 0 aliphatic carbocycles. The number of amides is 1. The first-order valence-corrected chi connectivity index (χ1v) is 6.94. The van der Waals surface area contributed by atoms with E-state index in [1.807, 2.05) is 0 Å². The highest BCUT2D eigenvalue weighted by molar-refractivity contribution is 9.09. The zero-order chi connectivity index (χ0) is 14.9. The van der Waals surface area contributed by atoms with Gasteiger partial charge in [-0.05, 0) is 18.1 Å². The largest absolute Gasteiger partial charge is 0.477 e. The molecule has 20 heavy (non-hydrogen) atoms. The zero-order valence-corrected chi connectivity index (χ0v) is 11.9. The van der Waals surface area contributed by atoms with Crippen LogP contribution in [-0.4, -0.2) is 33.8 Å². The lowest BCUT2D eigenvalue weighted by Crippen LogP contribution is -2.25. The van der Waals surface area contributed by atoms with Gasteiger partial charge in [0.25, 0.3) is 5.69 Å². The molecule has 1 fully saturated rings. The molecular weight excluding hydrogens is 332 g/mol. The van der Waals surface area contributed by atoms with Gasteiger partial charge in [-0.25, -0.2) is 4.79 Å². The molecule has 106 valence electrons. The van der Waals surface area contributed by atoms with E-state index in [9.17, 15) is 19.7 Å². The normalized spacial score (nSPS) is 18.4. The Balaban J connectivity index is 2.39. The number of alkyl halides is 1. The van der Waals surface area contributed by atoms with Crippen LogP contribution >= 0.6 is 15.9 Å². The number of benzene rings is 1. The molecule has 1 atom stereocenters. The average Bonchev–Trinajstić information content (AvgIpc) is 2.79. The Morgan fingerprint density at radius 1 is 1.55 bits per heavy atom. The van der Waals surface area contributed by atoms with Crippen molar-refractivity contribution in [2.45, 2.75) is 6.42 Å². The second-order valence-electron chi connectivity index (χ2n) is 4.49. The predicted molar refractivity (Wildman–Crippen MR) is 74.3 cm³/mol. The number of carboxylic acids is 1. The number of aromatic carboxylic acids is 1. The SMILES string of the molecule is O=C(O)c1cc(N2CC(CBr)CC2=O)ccc1[N+](=O)[O-]. The molecule has 2 rings (SSSR count). The van der Waals surface area contributed by atoms with Crippen LogP contribution in [0.15, 0.2) is 18.2 Å². The smallest absolute Gasteiger partial charge is 0.342 e. The van der Waals surface area contributed by atoms with Gasteiger partial charge in [0, 0.05) is 30.0 Å². The lowest BCUT2D eigenvalue weighted by Gasteiger charge is -2.16. The molecule has 1 amide bonds. The number of carbonyl (C=O) groups is 2. The van der Waals surface area contributed by atoms with E-state index in [1.54, 1.807) is 0 Å². The van der Waals surface area contributed by atoms with Crippen LogP contribution in [0, 0.1) is 16.0 Å². The van der Waals surface area contributed by atoms with Crippen molar-refractivity contribution in [1.82, 2.24) is 0 Å². The molecule has 1 heterocycles. The minimum atomic E-state index is -1.39. The molecule has 1 N–H and O–H groups in total. The Hall–Kier alpha value is -1.96. The zero-order valence-electron chi connectivity index (χ0n) is 10.3. The number of anilines is 1. The van der Waals surface area contributed by atoms with Crippen molar-refractivity contribution in [2.24, 2.45) is 5.92 Å². The first-order valence-electron chi connectivity index (χ1n) is 5.82. The number of hydrogen-bond donors (Lipinski definition) is 1. The molecule has 1 aromatic rings. The first-order chi connectivity index (χ1) is 9.43. The summed E-state index contributed by atoms with van der Waals surface area (Å²) in [5, 5.41) is 20.5. The van der Waals surface area contributed by atoms with Crippen LogP contribution in [-0.2, 0) is 4.79 Å². The van der Waals surface area contributed by atoms with E-state index in [-0.39, 0.29) is 11.8 Å². The summed E-state index contributed by atoms with van der Waals surface area (Å²) in [5.41, 5.74) is -0.519. The molecule has 1 aliphatic rings. The van der Waals surface area contributed by atoms with E-state index < -0.39 is 22.1 Å². The third-order valence-electron chi connectivity index (χ3n) is 3.14. The molecule has 0 saturated carbocycles. The highest BCUT2D eigenvalue weighted by atomic mass is 79.9. The van der Waals surface area contributed by atoms with Gasteiger partial charge < -0.3 is 10.0 Å². The van der Waals surface area contributed by atoms with Crippen LogP contribution in [0.3, 0.4) is 0 Å². The van der Waals surface area contributed by atoms with Gasteiger partial charge in [-0.3, -0.25) is 14.9 Å². The maximum absolute atomic E-state index is 11.9. The summed E-state index contributed by atoms with van der Waals surface area (Å²) in [4.78, 5) is 34.4. The second kappa shape index (κ2) is 5.58. The van der Waals surface area contributed by atoms with E-state index in [0.717, 1.165) is 6.07 Å². The van der Waals surface area contributed by atoms with Crippen LogP contribution in [0.4, 0.5) is 11.4 Å². The van der Waals surface area contributed by atoms with Crippen molar-refractivity contribution < 1.29 is 19.6 Å². The van der Waals surface area contributed by atoms with Gasteiger partial charge in [0.15, 0.2) is 0 Å². The van der Waals surface area contributed by atoms with Gasteiger partial charge >= 0.3 is 5.97 Å². The van der Waals surface area contributed by atoms with Crippen LogP contribution in [0.2, 0.25) is 0 Å². The van der Waals surface area contributed by atoms with E-state index in [2.05, 4.69) is 15.9 Å². The molecule has 8 heteroatoms. The quantitative estimate of drug-likeness (QED) is 0.512. The molecule has 1 aliphatic heterocycles. The third-order valence-corrected chi connectivity index (χ3v) is 4.06. The lowest BCUT2D eigenvalue weighted by atomic mass is 10.1. The van der Waals surface area contributed by atoms with Gasteiger partial charge in [0.1, 0.15) is 5.56 Å². The number of nitrogens with zero attached hydrogens (tertiary/aromatic N) is 2. The van der Waals surface area contributed by atoms with Crippen molar-refractivity contribution in [3.63, 3.8) is 0 Å². The number of nitro benzene ring substituents is 1. The molecule has 1 saturated heterocycles. The molecule has 1 aromatic carbocycles. The minimum absolute atomic E-state index is 0.111. The van der Waals surface area contributed by atoms with Crippen LogP contribution in [0.1, 0.15) is 16.8 Å². The molecule has 0 aromatic heterocycles. The number of carboxylic acid groups (broad SMARTS) is 1. The second-order valence-corrected chi connectivity index (χ2v) is 5.14. The van der Waals surface area contributed by atoms with Gasteiger partial charge in [-0.1, -0.05) is 15.9 Å². The fourth-order valence-electron chi connectivity index (χ4n) is 2.16. The summed E-state index contributed by atoms with van der Waals surface area (Å²) >= 11 is 3.31. The molecule has 0 radical (unpaired) electrons. The van der Waals surface area contributed by atoms with Crippen LogP contribution < -0.4 is 4.90 Å². The van der Waals surface area contributed by atoms with E-state index in [0.29, 0.717) is 24.0 Å². The van der Waals surface area contributed by atoms with Gasteiger partial charge in [0.05, 0.1) is 4.92 Å². The maximum Gasteiger partial charge on any atom is 0.342 e. The Kier molecular flexibility index (Phi) is 4.03. The number of carbonyl (C=O) groups excluding carboxylic acids is 1. The van der Waals surface area contributed by atoms with Crippen molar-refractivity contribution in [3.05, 3.63) is 33.9 Å². The average molecular weight is 343 g/mol. The number of rotatable bonds is 4. The van der Waals surface area contributed by atoms with Crippen molar-refractivity contribution >= 4 is 39.2 Å². The van der Waals surface area contributed by atoms with E-state index in [1.165, 1.54) is 17.0 Å². The number of halogens is 1. The Morgan fingerprint density at radius 3 is 2.75 bits per heavy atom. The topological polar surface area (TPSA) is 101 Å². The standard InChI is InChI=1S/C12H11BrN2O5/c13-5-7-3-11(16)14(6-7)8-1-2-10(15(19)20)9(4-8)12(17)18/h1-2,4,7H,3,5-6H2,(H,17,18). The summed E-state index contributed by atoms with van der Waals surface area (Å²) in [5.74, 6) is -1.34. The molecule has 0 bridgehead atoms. The Morgan fingerprint density at radius 2 is 2.25 bits per heavy atom. The van der Waals surface area contributed by atoms with E-state index in [4.69, 9.17) is 5.11 Å². The number of hydrogen-bond acceptors (Lipinski definition) is 4. The Bertz CT molecular complexity index is 589. The summed E-state index contributed by atoms with van der Waals surface area (Å²) in [7, 11) is 0. The monoisotopic (exact) mass is 342 g/mol. The lowest BCUT2D eigenvalue weighted by molar-refractivity contribution is -0.385. The van der Waals surface area contributed by atoms with Crippen molar-refractivity contribution in [1.29, 1.82) is 0 Å². The third kappa shape index (κ3) is 2.64. The summed E-state index contributed by atoms with van der Waals surface area (Å²) < 4.78 is 0. The minimum Gasteiger partial charge on any atom is -0.477 e. The molecular formula is C12H11BrN2O5. The van der Waals surface area contributed by atoms with Gasteiger partial charge in [0.2, 0.25) is 5.91 Å². The van der Waals surface area contributed by atoms with Crippen LogP contribution in [0.5, 0.6) is 0 Å². The van der Waals surface area contributed by atoms with Crippen molar-refractivity contribution in [2.75, 3.05) is 16.8 Å². The highest BCUT2D eigenvalue weighted by Gasteiger charge is 2.31. The molecule has 0 spiro atoms. The predicted octanol–water partition coefficient (Wildman–Crippen LogP) is 2.04. The van der Waals surface area contributed by atoms with Crippen molar-refractivity contribution in [3.8, 4) is 0 Å². The molecule has 1 unspecified atom stereocenters. The summed E-state index contributed by atoms with van der Waals surface area (Å²) in [6, 6.07) is 3.70. The summed E-state index contributed by atoms with van der Waals surface area (Å²) in [6.45, 7) is 0.473. The maximum atomic E-state index is 11.9. The van der Waals surface area contributed by atoms with Crippen LogP contribution in [0.25, 0.3) is 0 Å². The van der Waals surface area contributed by atoms with Gasteiger partial charge in [-0.15, -0.1) is 0 Å². The molecule has 7 nitrogen and oxygen atoms in total. The van der Waals surface area contributed by atoms with Gasteiger partial charge in [-0.2, -0.15) is 0 Å². The highest BCUT2D eigenvalue weighted by Crippen LogP contribution is 2.30. The first kappa shape index (κ1) is 14.4. The number of nitro groups is 1. The fourth-order valence-corrected chi connectivity index (χ4v) is 2.59. The fraction of sp³-hybridized carbons (Fsp3) is 0.333. The van der Waals surface area contributed by atoms with E-state index >= 15 is 0 Å². The Labute approximate surface area is 122 Å².